The highest BCUT2D eigenvalue weighted by Gasteiger charge is 2.55. The Bertz CT molecular complexity index is 517. The number of likely N-dealkylation sites (tertiary alicyclic amines) is 1. The first-order valence-electron chi connectivity index (χ1n) is 7.37. The van der Waals surface area contributed by atoms with Crippen LogP contribution < -0.4 is 0 Å². The Kier molecular flexibility index (Phi) is 3.50. The predicted molar refractivity (Wildman–Crippen MR) is 76.0 cm³/mol. The maximum absolute atomic E-state index is 12.2. The first-order valence-corrected chi connectivity index (χ1v) is 7.37. The zero-order valence-corrected chi connectivity index (χ0v) is 12.3. The second-order valence-corrected chi connectivity index (χ2v) is 6.15. The van der Waals surface area contributed by atoms with Crippen LogP contribution in [0.5, 0.6) is 0 Å². The zero-order valence-electron chi connectivity index (χ0n) is 12.3. The van der Waals surface area contributed by atoms with E-state index in [-0.39, 0.29) is 11.4 Å². The van der Waals surface area contributed by atoms with Gasteiger partial charge in [-0.05, 0) is 37.3 Å². The Balaban J connectivity index is 1.76. The number of aromatic nitrogens is 1. The smallest absolute Gasteiger partial charge is 0.313 e. The molecule has 0 radical (unpaired) electrons. The van der Waals surface area contributed by atoms with Gasteiger partial charge in [0.1, 0.15) is 0 Å². The molecule has 2 aliphatic rings. The quantitative estimate of drug-likeness (QED) is 0.792. The molecule has 0 bridgehead atoms. The SMILES string of the molecule is COC(=O)[C@@]12CCC[C@H]1CN(Cc1cccnc1C)C2. The Morgan fingerprint density at radius 1 is 1.60 bits per heavy atom. The number of fused-ring (bicyclic) bond motifs is 1. The van der Waals surface area contributed by atoms with E-state index < -0.39 is 0 Å². The van der Waals surface area contributed by atoms with Crippen molar-refractivity contribution in [1.29, 1.82) is 0 Å². The number of hydrogen-bond donors (Lipinski definition) is 0. The van der Waals surface area contributed by atoms with Crippen molar-refractivity contribution in [3.63, 3.8) is 0 Å². The van der Waals surface area contributed by atoms with E-state index in [9.17, 15) is 4.79 Å². The highest BCUT2D eigenvalue weighted by atomic mass is 16.5. The Morgan fingerprint density at radius 2 is 2.45 bits per heavy atom. The third kappa shape index (κ3) is 2.12. The van der Waals surface area contributed by atoms with Gasteiger partial charge in [-0.1, -0.05) is 12.5 Å². The molecule has 1 aromatic rings. The molecule has 1 aromatic heterocycles. The molecule has 0 aromatic carbocycles. The highest BCUT2D eigenvalue weighted by Crippen LogP contribution is 2.49. The Labute approximate surface area is 120 Å². The van der Waals surface area contributed by atoms with Crippen LogP contribution in [-0.2, 0) is 16.1 Å². The molecule has 108 valence electrons. The van der Waals surface area contributed by atoms with E-state index in [1.54, 1.807) is 0 Å². The van der Waals surface area contributed by atoms with E-state index in [0.717, 1.165) is 44.6 Å². The van der Waals surface area contributed by atoms with E-state index in [0.29, 0.717) is 5.92 Å². The van der Waals surface area contributed by atoms with Gasteiger partial charge in [-0.25, -0.2) is 0 Å². The highest BCUT2D eigenvalue weighted by molar-refractivity contribution is 5.78. The van der Waals surface area contributed by atoms with Gasteiger partial charge in [0, 0.05) is 31.5 Å². The van der Waals surface area contributed by atoms with Crippen molar-refractivity contribution in [2.45, 2.75) is 32.7 Å². The van der Waals surface area contributed by atoms with Gasteiger partial charge in [-0.15, -0.1) is 0 Å². The van der Waals surface area contributed by atoms with Gasteiger partial charge < -0.3 is 4.74 Å². The van der Waals surface area contributed by atoms with Crippen molar-refractivity contribution in [3.8, 4) is 0 Å². The molecule has 4 nitrogen and oxygen atoms in total. The molecule has 1 aliphatic heterocycles. The molecule has 0 N–H and O–H groups in total. The summed E-state index contributed by atoms with van der Waals surface area (Å²) in [5, 5.41) is 0. The molecule has 0 amide bonds. The van der Waals surface area contributed by atoms with Crippen LogP contribution in [0.25, 0.3) is 0 Å². The summed E-state index contributed by atoms with van der Waals surface area (Å²) in [6.07, 6.45) is 5.11. The molecule has 0 spiro atoms. The lowest BCUT2D eigenvalue weighted by molar-refractivity contribution is -0.153. The van der Waals surface area contributed by atoms with E-state index in [4.69, 9.17) is 4.74 Å². The lowest BCUT2D eigenvalue weighted by Crippen LogP contribution is -2.36. The molecule has 1 saturated heterocycles. The Hall–Kier alpha value is -1.42. The molecule has 1 saturated carbocycles. The summed E-state index contributed by atoms with van der Waals surface area (Å²) >= 11 is 0. The molecule has 2 atom stereocenters. The summed E-state index contributed by atoms with van der Waals surface area (Å²) in [6.45, 7) is 4.76. The number of rotatable bonds is 3. The van der Waals surface area contributed by atoms with Crippen molar-refractivity contribution in [2.75, 3.05) is 20.2 Å². The number of esters is 1. The van der Waals surface area contributed by atoms with Gasteiger partial charge in [0.05, 0.1) is 12.5 Å². The molecule has 2 fully saturated rings. The molecule has 1 aliphatic carbocycles. The number of methoxy groups -OCH3 is 1. The van der Waals surface area contributed by atoms with Crippen LogP contribution in [0.4, 0.5) is 0 Å². The summed E-state index contributed by atoms with van der Waals surface area (Å²) < 4.78 is 5.08. The molecule has 2 heterocycles. The van der Waals surface area contributed by atoms with Crippen LogP contribution in [0.3, 0.4) is 0 Å². The van der Waals surface area contributed by atoms with Crippen LogP contribution in [0.15, 0.2) is 18.3 Å². The minimum atomic E-state index is -0.245. The van der Waals surface area contributed by atoms with Crippen LogP contribution in [0.1, 0.15) is 30.5 Å². The minimum Gasteiger partial charge on any atom is -0.469 e. The second kappa shape index (κ2) is 5.17. The molecular formula is C16H22N2O2. The minimum absolute atomic E-state index is 0.00888. The van der Waals surface area contributed by atoms with Crippen molar-refractivity contribution in [2.24, 2.45) is 11.3 Å². The second-order valence-electron chi connectivity index (χ2n) is 6.15. The summed E-state index contributed by atoms with van der Waals surface area (Å²) in [5.41, 5.74) is 2.09. The van der Waals surface area contributed by atoms with Crippen LogP contribution >= 0.6 is 0 Å². The topological polar surface area (TPSA) is 42.4 Å². The Morgan fingerprint density at radius 3 is 3.20 bits per heavy atom. The maximum atomic E-state index is 12.2. The summed E-state index contributed by atoms with van der Waals surface area (Å²) in [7, 11) is 1.51. The number of ether oxygens (including phenoxy) is 1. The van der Waals surface area contributed by atoms with E-state index >= 15 is 0 Å². The van der Waals surface area contributed by atoms with Gasteiger partial charge in [-0.2, -0.15) is 0 Å². The first-order chi connectivity index (χ1) is 9.65. The number of pyridine rings is 1. The number of carbonyl (C=O) groups is 1. The average molecular weight is 274 g/mol. The fourth-order valence-corrected chi connectivity index (χ4v) is 3.98. The fraction of sp³-hybridized carbons (Fsp3) is 0.625. The molecule has 4 heteroatoms. The molecular weight excluding hydrogens is 252 g/mol. The number of aryl methyl sites for hydroxylation is 1. The maximum Gasteiger partial charge on any atom is 0.313 e. The molecule has 3 rings (SSSR count). The lowest BCUT2D eigenvalue weighted by Gasteiger charge is -2.25. The largest absolute Gasteiger partial charge is 0.469 e. The summed E-state index contributed by atoms with van der Waals surface area (Å²) in [5.74, 6) is 0.456. The fourth-order valence-electron chi connectivity index (χ4n) is 3.98. The molecule has 20 heavy (non-hydrogen) atoms. The van der Waals surface area contributed by atoms with Gasteiger partial charge in [0.2, 0.25) is 0 Å². The van der Waals surface area contributed by atoms with Gasteiger partial charge >= 0.3 is 5.97 Å². The third-order valence-electron chi connectivity index (χ3n) is 5.04. The van der Waals surface area contributed by atoms with Gasteiger partial charge in [0.15, 0.2) is 0 Å². The van der Waals surface area contributed by atoms with E-state index in [2.05, 4.69) is 16.0 Å². The number of nitrogens with zero attached hydrogens (tertiary/aromatic N) is 2. The molecule has 0 unspecified atom stereocenters. The first kappa shape index (κ1) is 13.6. The monoisotopic (exact) mass is 274 g/mol. The van der Waals surface area contributed by atoms with Gasteiger partial charge in [-0.3, -0.25) is 14.7 Å². The van der Waals surface area contributed by atoms with Crippen LogP contribution in [0.2, 0.25) is 0 Å². The average Bonchev–Trinajstić information content (AvgIpc) is 2.98. The van der Waals surface area contributed by atoms with Crippen molar-refractivity contribution in [3.05, 3.63) is 29.6 Å². The van der Waals surface area contributed by atoms with Crippen LogP contribution in [0, 0.1) is 18.3 Å². The number of carbonyl (C=O) groups excluding carboxylic acids is 1. The number of hydrogen-bond acceptors (Lipinski definition) is 4. The zero-order chi connectivity index (χ0) is 14.2. The normalized spacial score (nSPS) is 29.4. The van der Waals surface area contributed by atoms with Crippen molar-refractivity contribution >= 4 is 5.97 Å². The van der Waals surface area contributed by atoms with Crippen molar-refractivity contribution < 1.29 is 9.53 Å². The lowest BCUT2D eigenvalue weighted by atomic mass is 9.81. The predicted octanol–water partition coefficient (Wildman–Crippen LogP) is 2.17. The van der Waals surface area contributed by atoms with Crippen LogP contribution in [-0.4, -0.2) is 36.1 Å². The van der Waals surface area contributed by atoms with Crippen molar-refractivity contribution in [1.82, 2.24) is 9.88 Å². The summed E-state index contributed by atoms with van der Waals surface area (Å²) in [6, 6.07) is 4.11. The van der Waals surface area contributed by atoms with E-state index in [1.165, 1.54) is 12.7 Å². The summed E-state index contributed by atoms with van der Waals surface area (Å²) in [4.78, 5) is 19.0. The van der Waals surface area contributed by atoms with E-state index in [1.807, 2.05) is 19.2 Å². The van der Waals surface area contributed by atoms with Gasteiger partial charge in [0.25, 0.3) is 0 Å². The standard InChI is InChI=1S/C16H22N2O2/c1-12-13(5-4-8-17-12)9-18-10-14-6-3-7-16(14,11-18)15(19)20-2/h4-5,8,14H,3,6-7,9-11H2,1-2H3/t14-,16+/m0/s1. The third-order valence-corrected chi connectivity index (χ3v) is 5.04.